The molecule has 0 amide bonds. The molecule has 2 nitrogen and oxygen atoms in total. The lowest BCUT2D eigenvalue weighted by Gasteiger charge is -2.00. The van der Waals surface area contributed by atoms with E-state index in [2.05, 4.69) is 0 Å². The zero-order valence-corrected chi connectivity index (χ0v) is 7.82. The maximum atomic E-state index is 8.62. The molecule has 0 aliphatic carbocycles. The molecule has 1 heterocycles. The van der Waals surface area contributed by atoms with Gasteiger partial charge in [0.2, 0.25) is 5.76 Å². The summed E-state index contributed by atoms with van der Waals surface area (Å²) in [7, 11) is 0. The van der Waals surface area contributed by atoms with Crippen molar-refractivity contribution in [1.29, 1.82) is 5.26 Å². The van der Waals surface area contributed by atoms with Crippen LogP contribution < -0.4 is 0 Å². The quantitative estimate of drug-likeness (QED) is 0.681. The third-order valence-corrected chi connectivity index (χ3v) is 2.13. The largest absolute Gasteiger partial charge is 0.446 e. The summed E-state index contributed by atoms with van der Waals surface area (Å²) in [5.41, 5.74) is 2.18. The lowest BCUT2D eigenvalue weighted by molar-refractivity contribution is 0.567. The van der Waals surface area contributed by atoms with Crippen LogP contribution >= 0.6 is 0 Å². The molecule has 0 saturated carbocycles. The highest BCUT2D eigenvalue weighted by Crippen LogP contribution is 2.24. The van der Waals surface area contributed by atoms with Crippen LogP contribution in [-0.2, 0) is 0 Å². The zero-order valence-electron chi connectivity index (χ0n) is 7.82. The van der Waals surface area contributed by atoms with Crippen molar-refractivity contribution >= 4 is 0 Å². The summed E-state index contributed by atoms with van der Waals surface area (Å²) < 4.78 is 5.34. The number of hydrogen-bond acceptors (Lipinski definition) is 2. The Morgan fingerprint density at radius 2 is 1.93 bits per heavy atom. The molecular formula is C12H9NO. The van der Waals surface area contributed by atoms with Crippen molar-refractivity contribution in [3.63, 3.8) is 0 Å². The van der Waals surface area contributed by atoms with Gasteiger partial charge in [-0.1, -0.05) is 24.3 Å². The van der Waals surface area contributed by atoms with Crippen LogP contribution in [0.4, 0.5) is 0 Å². The fourth-order valence-corrected chi connectivity index (χ4v) is 1.39. The van der Waals surface area contributed by atoms with E-state index in [-0.39, 0.29) is 0 Å². The molecule has 68 valence electrons. The Morgan fingerprint density at radius 3 is 2.57 bits per heavy atom. The first kappa shape index (κ1) is 8.58. The van der Waals surface area contributed by atoms with Crippen LogP contribution in [0.3, 0.4) is 0 Å². The summed E-state index contributed by atoms with van der Waals surface area (Å²) >= 11 is 0. The molecule has 1 aromatic heterocycles. The van der Waals surface area contributed by atoms with Crippen LogP contribution in [0.1, 0.15) is 11.3 Å². The van der Waals surface area contributed by atoms with Crippen molar-refractivity contribution in [2.24, 2.45) is 0 Å². The molecule has 0 atom stereocenters. The van der Waals surface area contributed by atoms with E-state index in [1.807, 2.05) is 43.3 Å². The summed E-state index contributed by atoms with van der Waals surface area (Å²) in [4.78, 5) is 0. The smallest absolute Gasteiger partial charge is 0.204 e. The Kier molecular flexibility index (Phi) is 2.08. The first-order chi connectivity index (χ1) is 6.81. The van der Waals surface area contributed by atoms with Gasteiger partial charge in [-0.05, 0) is 24.6 Å². The van der Waals surface area contributed by atoms with Gasteiger partial charge in [-0.25, -0.2) is 0 Å². The van der Waals surface area contributed by atoms with Gasteiger partial charge in [0.25, 0.3) is 0 Å². The topological polar surface area (TPSA) is 36.9 Å². The van der Waals surface area contributed by atoms with Crippen molar-refractivity contribution in [2.75, 3.05) is 0 Å². The van der Waals surface area contributed by atoms with Crippen LogP contribution in [-0.4, -0.2) is 0 Å². The number of nitrogens with zero attached hydrogens (tertiary/aromatic N) is 1. The van der Waals surface area contributed by atoms with Gasteiger partial charge >= 0.3 is 0 Å². The molecule has 0 spiro atoms. The van der Waals surface area contributed by atoms with Crippen LogP contribution in [0.2, 0.25) is 0 Å². The van der Waals surface area contributed by atoms with E-state index in [0.29, 0.717) is 5.76 Å². The SMILES string of the molecule is Cc1ccccc1-c1ccc(C#N)o1. The third kappa shape index (κ3) is 1.40. The first-order valence-corrected chi connectivity index (χ1v) is 4.37. The van der Waals surface area contributed by atoms with E-state index in [0.717, 1.165) is 16.9 Å². The number of furan rings is 1. The van der Waals surface area contributed by atoms with E-state index in [1.165, 1.54) is 0 Å². The van der Waals surface area contributed by atoms with Crippen LogP contribution in [0.5, 0.6) is 0 Å². The van der Waals surface area contributed by atoms with E-state index in [4.69, 9.17) is 9.68 Å². The summed E-state index contributed by atoms with van der Waals surface area (Å²) in [6.45, 7) is 2.02. The van der Waals surface area contributed by atoms with Gasteiger partial charge in [0.05, 0.1) is 0 Å². The van der Waals surface area contributed by atoms with Crippen LogP contribution in [0.25, 0.3) is 11.3 Å². The summed E-state index contributed by atoms with van der Waals surface area (Å²) in [5, 5.41) is 8.62. The molecule has 2 aromatic rings. The standard InChI is InChI=1S/C12H9NO/c1-9-4-2-3-5-11(9)12-7-6-10(8-13)14-12/h2-7H,1H3. The summed E-state index contributed by atoms with van der Waals surface area (Å²) in [6, 6.07) is 13.4. The normalized spacial score (nSPS) is 9.71. The monoisotopic (exact) mass is 183 g/mol. The minimum Gasteiger partial charge on any atom is -0.446 e. The minimum atomic E-state index is 0.350. The van der Waals surface area contributed by atoms with Crippen LogP contribution in [0, 0.1) is 18.3 Å². The fraction of sp³-hybridized carbons (Fsp3) is 0.0833. The lowest BCUT2D eigenvalue weighted by atomic mass is 10.1. The van der Waals surface area contributed by atoms with E-state index >= 15 is 0 Å². The van der Waals surface area contributed by atoms with Crippen molar-refractivity contribution in [3.8, 4) is 17.4 Å². The van der Waals surface area contributed by atoms with Gasteiger partial charge in [0.15, 0.2) is 0 Å². The molecule has 1 aromatic carbocycles. The summed E-state index contributed by atoms with van der Waals surface area (Å²) in [5.74, 6) is 1.10. The van der Waals surface area contributed by atoms with Gasteiger partial charge in [0, 0.05) is 5.56 Å². The van der Waals surface area contributed by atoms with Gasteiger partial charge in [-0.15, -0.1) is 0 Å². The third-order valence-electron chi connectivity index (χ3n) is 2.13. The molecule has 0 aliphatic rings. The average Bonchev–Trinajstić information content (AvgIpc) is 2.67. The molecule has 0 fully saturated rings. The van der Waals surface area contributed by atoms with Crippen LogP contribution in [0.15, 0.2) is 40.8 Å². The molecular weight excluding hydrogens is 174 g/mol. The number of hydrogen-bond donors (Lipinski definition) is 0. The summed E-state index contributed by atoms with van der Waals surface area (Å²) in [6.07, 6.45) is 0. The van der Waals surface area contributed by atoms with Crippen molar-refractivity contribution in [1.82, 2.24) is 0 Å². The second-order valence-corrected chi connectivity index (χ2v) is 3.09. The highest BCUT2D eigenvalue weighted by Gasteiger charge is 2.05. The maximum Gasteiger partial charge on any atom is 0.204 e. The Labute approximate surface area is 82.4 Å². The van der Waals surface area contributed by atoms with E-state index in [1.54, 1.807) is 6.07 Å². The molecule has 0 bridgehead atoms. The second kappa shape index (κ2) is 3.39. The first-order valence-electron chi connectivity index (χ1n) is 4.37. The maximum absolute atomic E-state index is 8.62. The predicted molar refractivity (Wildman–Crippen MR) is 53.6 cm³/mol. The lowest BCUT2D eigenvalue weighted by Crippen LogP contribution is -1.78. The minimum absolute atomic E-state index is 0.350. The van der Waals surface area contributed by atoms with Gasteiger partial charge in [-0.3, -0.25) is 0 Å². The Balaban J connectivity index is 2.51. The molecule has 0 unspecified atom stereocenters. The van der Waals surface area contributed by atoms with Crippen molar-refractivity contribution in [3.05, 3.63) is 47.7 Å². The van der Waals surface area contributed by atoms with Crippen molar-refractivity contribution < 1.29 is 4.42 Å². The highest BCUT2D eigenvalue weighted by molar-refractivity contribution is 5.62. The Bertz CT molecular complexity index is 491. The number of aryl methyl sites for hydroxylation is 1. The predicted octanol–water partition coefficient (Wildman–Crippen LogP) is 3.13. The van der Waals surface area contributed by atoms with Gasteiger partial charge in [0.1, 0.15) is 11.8 Å². The molecule has 2 heteroatoms. The highest BCUT2D eigenvalue weighted by atomic mass is 16.3. The molecule has 0 aliphatic heterocycles. The molecule has 14 heavy (non-hydrogen) atoms. The molecule has 0 saturated heterocycles. The Hall–Kier alpha value is -2.01. The molecule has 0 radical (unpaired) electrons. The van der Waals surface area contributed by atoms with E-state index in [9.17, 15) is 0 Å². The number of nitriles is 1. The number of benzene rings is 1. The Morgan fingerprint density at radius 1 is 1.14 bits per heavy atom. The van der Waals surface area contributed by atoms with Gasteiger partial charge < -0.3 is 4.42 Å². The number of rotatable bonds is 1. The van der Waals surface area contributed by atoms with Crippen molar-refractivity contribution in [2.45, 2.75) is 6.92 Å². The molecule has 0 N–H and O–H groups in total. The second-order valence-electron chi connectivity index (χ2n) is 3.09. The van der Waals surface area contributed by atoms with E-state index < -0.39 is 0 Å². The zero-order chi connectivity index (χ0) is 9.97. The average molecular weight is 183 g/mol. The fourth-order valence-electron chi connectivity index (χ4n) is 1.39. The molecule has 2 rings (SSSR count). The van der Waals surface area contributed by atoms with Gasteiger partial charge in [-0.2, -0.15) is 5.26 Å².